The quantitative estimate of drug-likeness (QED) is 0.244. The Hall–Kier alpha value is -4.70. The van der Waals surface area contributed by atoms with Crippen molar-refractivity contribution in [3.8, 4) is 11.4 Å². The minimum Gasteiger partial charge on any atom is -0.481 e. The molecule has 11 nitrogen and oxygen atoms in total. The molecular weight excluding hydrogens is 504 g/mol. The van der Waals surface area contributed by atoms with Crippen molar-refractivity contribution in [2.24, 2.45) is 0 Å². The molecule has 0 aliphatic rings. The van der Waals surface area contributed by atoms with Crippen molar-refractivity contribution < 1.29 is 45.8 Å². The maximum Gasteiger partial charge on any atom is 0.416 e. The van der Waals surface area contributed by atoms with Crippen molar-refractivity contribution in [1.29, 1.82) is 0 Å². The third-order valence-electron chi connectivity index (χ3n) is 4.30. The zero-order chi connectivity index (χ0) is 26.7. The fourth-order valence-corrected chi connectivity index (χ4v) is 2.85. The Labute approximate surface area is 195 Å². The Kier molecular flexibility index (Phi) is 7.12. The highest BCUT2D eigenvalue weighted by Gasteiger charge is 2.37. The Morgan fingerprint density at radius 3 is 2.03 bits per heavy atom. The van der Waals surface area contributed by atoms with Gasteiger partial charge in [0.1, 0.15) is 6.42 Å². The van der Waals surface area contributed by atoms with E-state index in [1.165, 1.54) is 18.2 Å². The summed E-state index contributed by atoms with van der Waals surface area (Å²) in [5.74, 6) is -2.37. The Balaban J connectivity index is 1.88. The zero-order valence-corrected chi connectivity index (χ0v) is 17.5. The van der Waals surface area contributed by atoms with Gasteiger partial charge in [0, 0.05) is 16.9 Å². The normalized spacial score (nSPS) is 11.6. The summed E-state index contributed by atoms with van der Waals surface area (Å²) in [5, 5.41) is 28.0. The van der Waals surface area contributed by atoms with Crippen molar-refractivity contribution in [3.63, 3.8) is 0 Å². The van der Waals surface area contributed by atoms with Gasteiger partial charge in [-0.05, 0) is 41.6 Å². The van der Waals surface area contributed by atoms with Gasteiger partial charge in [-0.15, -0.1) is 10.2 Å². The number of carbonyl (C=O) groups is 3. The van der Waals surface area contributed by atoms with Crippen LogP contribution in [0, 0.1) is 0 Å². The van der Waals surface area contributed by atoms with E-state index < -0.39 is 53.5 Å². The van der Waals surface area contributed by atoms with Gasteiger partial charge in [-0.1, -0.05) is 0 Å². The van der Waals surface area contributed by atoms with E-state index in [9.17, 15) is 40.7 Å². The molecule has 0 bridgehead atoms. The molecular formula is C19H13F6N7O4. The van der Waals surface area contributed by atoms with Gasteiger partial charge in [0.2, 0.25) is 11.7 Å². The first-order valence-electron chi connectivity index (χ1n) is 9.49. The fraction of sp³-hybridized carbons (Fsp3) is 0.158. The number of carbonyl (C=O) groups excluding carboxylic acids is 2. The smallest absolute Gasteiger partial charge is 0.416 e. The van der Waals surface area contributed by atoms with Crippen LogP contribution < -0.4 is 16.0 Å². The fourth-order valence-electron chi connectivity index (χ4n) is 2.85. The van der Waals surface area contributed by atoms with Crippen LogP contribution in [-0.2, 0) is 21.9 Å². The first-order chi connectivity index (χ1) is 16.7. The second-order valence-corrected chi connectivity index (χ2v) is 6.99. The molecule has 0 atom stereocenters. The minimum absolute atomic E-state index is 0.0204. The molecule has 0 aliphatic heterocycles. The topological polar surface area (TPSA) is 162 Å². The first kappa shape index (κ1) is 25.9. The molecule has 0 aliphatic carbocycles. The zero-order valence-electron chi connectivity index (χ0n) is 17.5. The van der Waals surface area contributed by atoms with Gasteiger partial charge in [0.25, 0.3) is 0 Å². The average molecular weight is 517 g/mol. The molecule has 3 amide bonds. The standard InChI is InChI=1S/C19H13F6N7O4/c20-18(21,22)8-3-9(19(23,24)25)5-11(4-8)27-17(36)28-13-2-1-10(26-14(33)7-15(34)35)6-12(13)16-29-31-32-30-16/h1-6H,7H2,(H,26,33)(H,34,35)(H2,27,28,36)(H,29,30,31,32). The Morgan fingerprint density at radius 1 is 0.861 bits per heavy atom. The highest BCUT2D eigenvalue weighted by Crippen LogP contribution is 2.37. The van der Waals surface area contributed by atoms with Gasteiger partial charge in [-0.25, -0.2) is 4.79 Å². The van der Waals surface area contributed by atoms with Crippen LogP contribution in [0.4, 0.5) is 48.2 Å². The number of amides is 3. The molecule has 0 radical (unpaired) electrons. The van der Waals surface area contributed by atoms with Crippen molar-refractivity contribution in [1.82, 2.24) is 20.6 Å². The van der Waals surface area contributed by atoms with Crippen molar-refractivity contribution in [3.05, 3.63) is 47.5 Å². The number of aliphatic carboxylic acids is 1. The molecule has 0 fully saturated rings. The lowest BCUT2D eigenvalue weighted by molar-refractivity contribution is -0.143. The number of tetrazole rings is 1. The van der Waals surface area contributed by atoms with Gasteiger partial charge < -0.3 is 21.1 Å². The van der Waals surface area contributed by atoms with Gasteiger partial charge in [-0.3, -0.25) is 9.59 Å². The number of halogens is 6. The van der Waals surface area contributed by atoms with Crippen LogP contribution in [0.3, 0.4) is 0 Å². The van der Waals surface area contributed by atoms with Crippen molar-refractivity contribution in [2.45, 2.75) is 18.8 Å². The first-order valence-corrected chi connectivity index (χ1v) is 9.49. The lowest BCUT2D eigenvalue weighted by Crippen LogP contribution is -2.21. The molecule has 17 heteroatoms. The van der Waals surface area contributed by atoms with E-state index in [1.54, 1.807) is 0 Å². The third kappa shape index (κ3) is 6.67. The summed E-state index contributed by atoms with van der Waals surface area (Å²) in [6, 6.07) is 3.03. The second kappa shape index (κ2) is 9.88. The second-order valence-electron chi connectivity index (χ2n) is 6.99. The molecule has 36 heavy (non-hydrogen) atoms. The molecule has 1 aromatic heterocycles. The van der Waals surface area contributed by atoms with Gasteiger partial charge >= 0.3 is 24.4 Å². The number of hydrogen-bond acceptors (Lipinski definition) is 6. The van der Waals surface area contributed by atoms with Crippen LogP contribution in [-0.4, -0.2) is 43.6 Å². The van der Waals surface area contributed by atoms with E-state index in [0.717, 1.165) is 0 Å². The number of carboxylic acid groups (broad SMARTS) is 1. The number of benzene rings is 2. The molecule has 190 valence electrons. The predicted molar refractivity (Wildman–Crippen MR) is 110 cm³/mol. The number of urea groups is 1. The number of rotatable bonds is 6. The molecule has 3 aromatic rings. The number of alkyl halides is 6. The monoisotopic (exact) mass is 517 g/mol. The van der Waals surface area contributed by atoms with Gasteiger partial charge in [-0.2, -0.15) is 31.6 Å². The van der Waals surface area contributed by atoms with E-state index in [-0.39, 0.29) is 28.8 Å². The van der Waals surface area contributed by atoms with Crippen LogP contribution in [0.2, 0.25) is 0 Å². The molecule has 5 N–H and O–H groups in total. The predicted octanol–water partition coefficient (Wildman–Crippen LogP) is 3.96. The lowest BCUT2D eigenvalue weighted by atomic mass is 10.1. The minimum atomic E-state index is -5.11. The SMILES string of the molecule is O=C(O)CC(=O)Nc1ccc(NC(=O)Nc2cc(C(F)(F)F)cc(C(F)(F)F)c2)c(-c2nn[nH]n2)c1. The number of H-pyrrole nitrogens is 1. The summed E-state index contributed by atoms with van der Waals surface area (Å²) in [6.45, 7) is 0. The molecule has 0 saturated heterocycles. The van der Waals surface area contributed by atoms with Crippen LogP contribution in [0.1, 0.15) is 17.5 Å². The molecule has 1 heterocycles. The molecule has 2 aromatic carbocycles. The third-order valence-corrected chi connectivity index (χ3v) is 4.30. The van der Waals surface area contributed by atoms with E-state index in [0.29, 0.717) is 12.1 Å². The average Bonchev–Trinajstić information content (AvgIpc) is 3.27. The van der Waals surface area contributed by atoms with E-state index in [4.69, 9.17) is 5.11 Å². The number of hydrogen-bond donors (Lipinski definition) is 5. The van der Waals surface area contributed by atoms with Crippen LogP contribution in [0.15, 0.2) is 36.4 Å². The highest BCUT2D eigenvalue weighted by atomic mass is 19.4. The number of carboxylic acids is 1. The Morgan fingerprint density at radius 2 is 1.50 bits per heavy atom. The Bertz CT molecular complexity index is 1260. The maximum absolute atomic E-state index is 13.0. The number of aromatic nitrogens is 4. The summed E-state index contributed by atoms with van der Waals surface area (Å²) >= 11 is 0. The largest absolute Gasteiger partial charge is 0.481 e. The van der Waals surface area contributed by atoms with Crippen LogP contribution in [0.5, 0.6) is 0 Å². The number of nitrogens with one attached hydrogen (secondary N) is 4. The lowest BCUT2D eigenvalue weighted by Gasteiger charge is -2.16. The number of anilines is 3. The molecule has 0 spiro atoms. The number of aromatic amines is 1. The summed E-state index contributed by atoms with van der Waals surface area (Å²) in [7, 11) is 0. The van der Waals surface area contributed by atoms with E-state index >= 15 is 0 Å². The molecule has 0 saturated carbocycles. The van der Waals surface area contributed by atoms with Crippen molar-refractivity contribution >= 4 is 35.0 Å². The van der Waals surface area contributed by atoms with Crippen LogP contribution in [0.25, 0.3) is 11.4 Å². The summed E-state index contributed by atoms with van der Waals surface area (Å²) < 4.78 is 78.3. The van der Waals surface area contributed by atoms with Gasteiger partial charge in [0.05, 0.1) is 16.8 Å². The summed E-state index contributed by atoms with van der Waals surface area (Å²) in [4.78, 5) is 34.8. The molecule has 3 rings (SSSR count). The van der Waals surface area contributed by atoms with Crippen LogP contribution >= 0.6 is 0 Å². The highest BCUT2D eigenvalue weighted by molar-refractivity contribution is 6.04. The number of nitrogens with zero attached hydrogens (tertiary/aromatic N) is 3. The summed E-state index contributed by atoms with van der Waals surface area (Å²) in [5.41, 5.74) is -4.02. The van der Waals surface area contributed by atoms with E-state index in [1.807, 2.05) is 5.32 Å². The molecule has 0 unspecified atom stereocenters. The maximum atomic E-state index is 13.0. The van der Waals surface area contributed by atoms with Gasteiger partial charge in [0.15, 0.2) is 0 Å². The van der Waals surface area contributed by atoms with Crippen molar-refractivity contribution in [2.75, 3.05) is 16.0 Å². The van der Waals surface area contributed by atoms with E-state index in [2.05, 4.69) is 31.3 Å². The summed E-state index contributed by atoms with van der Waals surface area (Å²) in [6.07, 6.45) is -11.1.